The van der Waals surface area contributed by atoms with Crippen LogP contribution in [0.25, 0.3) is 0 Å². The lowest BCUT2D eigenvalue weighted by Gasteiger charge is -2.36. The van der Waals surface area contributed by atoms with Crippen molar-refractivity contribution in [3.8, 4) is 0 Å². The van der Waals surface area contributed by atoms with Gasteiger partial charge in [-0.2, -0.15) is 13.2 Å². The summed E-state index contributed by atoms with van der Waals surface area (Å²) in [6, 6.07) is 17.9. The summed E-state index contributed by atoms with van der Waals surface area (Å²) in [6.07, 6.45) is -4.38. The molecule has 0 spiro atoms. The molecule has 1 saturated heterocycles. The number of carbonyl (C=O) groups is 1. The Morgan fingerprint density at radius 3 is 2.15 bits per heavy atom. The van der Waals surface area contributed by atoms with Gasteiger partial charge in [-0.05, 0) is 60.7 Å². The Morgan fingerprint density at radius 2 is 1.56 bits per heavy atom. The molecule has 0 saturated carbocycles. The molecule has 1 aliphatic rings. The molecule has 1 fully saturated rings. The van der Waals surface area contributed by atoms with Crippen LogP contribution in [-0.2, 0) is 24.7 Å². The lowest BCUT2D eigenvalue weighted by atomic mass is 9.87. The van der Waals surface area contributed by atoms with Gasteiger partial charge in [0.05, 0.1) is 12.1 Å². The van der Waals surface area contributed by atoms with Gasteiger partial charge in [-0.1, -0.05) is 51.1 Å². The van der Waals surface area contributed by atoms with Crippen LogP contribution in [0.4, 0.5) is 18.9 Å². The summed E-state index contributed by atoms with van der Waals surface area (Å²) in [4.78, 5) is 19.0. The normalized spacial score (nSPS) is 14.9. The van der Waals surface area contributed by atoms with Crippen molar-refractivity contribution in [3.05, 3.63) is 88.9 Å². The van der Waals surface area contributed by atoms with Crippen molar-refractivity contribution in [1.82, 2.24) is 9.80 Å². The summed E-state index contributed by atoms with van der Waals surface area (Å²) in [7, 11) is 0. The van der Waals surface area contributed by atoms with Crippen LogP contribution in [0.2, 0.25) is 0 Å². The van der Waals surface area contributed by atoms with Gasteiger partial charge in [0.2, 0.25) is 0 Å². The molecule has 210 valence electrons. The predicted molar refractivity (Wildman–Crippen MR) is 148 cm³/mol. The van der Waals surface area contributed by atoms with Gasteiger partial charge in [0.1, 0.15) is 5.76 Å². The number of amides is 1. The van der Waals surface area contributed by atoms with Gasteiger partial charge in [0.15, 0.2) is 5.76 Å². The van der Waals surface area contributed by atoms with Gasteiger partial charge in [-0.25, -0.2) is 0 Å². The summed E-state index contributed by atoms with van der Waals surface area (Å²) < 4.78 is 45.3. The van der Waals surface area contributed by atoms with E-state index in [1.807, 2.05) is 11.0 Å². The van der Waals surface area contributed by atoms with Crippen molar-refractivity contribution in [2.75, 3.05) is 31.1 Å². The summed E-state index contributed by atoms with van der Waals surface area (Å²) in [5.74, 6) is 0.815. The third-order valence-corrected chi connectivity index (χ3v) is 7.27. The number of hydrogen-bond acceptors (Lipinski definition) is 4. The molecule has 39 heavy (non-hydrogen) atoms. The van der Waals surface area contributed by atoms with Crippen molar-refractivity contribution in [2.45, 2.75) is 65.3 Å². The van der Waals surface area contributed by atoms with Crippen LogP contribution in [-0.4, -0.2) is 47.9 Å². The van der Waals surface area contributed by atoms with E-state index in [2.05, 4.69) is 63.8 Å². The summed E-state index contributed by atoms with van der Waals surface area (Å²) in [5.41, 5.74) is 2.47. The second-order valence-electron chi connectivity index (χ2n) is 11.5. The fourth-order valence-corrected chi connectivity index (χ4v) is 4.75. The molecule has 0 bridgehead atoms. The zero-order chi connectivity index (χ0) is 28.4. The first-order chi connectivity index (χ1) is 18.3. The molecule has 0 N–H and O–H groups in total. The van der Waals surface area contributed by atoms with Crippen LogP contribution >= 0.6 is 0 Å². The van der Waals surface area contributed by atoms with E-state index < -0.39 is 11.7 Å². The molecule has 0 aliphatic carbocycles. The largest absolute Gasteiger partial charge is 0.455 e. The first-order valence-electron chi connectivity index (χ1n) is 13.4. The molecule has 0 unspecified atom stereocenters. The van der Waals surface area contributed by atoms with E-state index >= 15 is 0 Å². The number of halogens is 3. The third kappa shape index (κ3) is 7.24. The standard InChI is InChI=1S/C31H38F3N3O2/c1-22(2)37(20-23-9-11-24(12-10-23)30(3,4)5)21-27-13-14-28(39-27)29(38)36-17-15-35(16-18-36)26-8-6-7-25(19-26)31(32,33)34/h6-14,19,22H,15-18,20-21H2,1-5H3. The first kappa shape index (κ1) is 28.7. The smallest absolute Gasteiger partial charge is 0.416 e. The van der Waals surface area contributed by atoms with Crippen LogP contribution in [0, 0.1) is 0 Å². The monoisotopic (exact) mass is 541 g/mol. The quantitative estimate of drug-likeness (QED) is 0.324. The number of hydrogen-bond donors (Lipinski definition) is 0. The second-order valence-corrected chi connectivity index (χ2v) is 11.5. The van der Waals surface area contributed by atoms with E-state index in [0.29, 0.717) is 38.4 Å². The molecule has 8 heteroatoms. The molecule has 3 aromatic rings. The molecule has 2 heterocycles. The summed E-state index contributed by atoms with van der Waals surface area (Å²) in [6.45, 7) is 14.0. The van der Waals surface area contributed by atoms with Gasteiger partial charge in [0, 0.05) is 44.5 Å². The topological polar surface area (TPSA) is 39.9 Å². The number of furan rings is 1. The van der Waals surface area contributed by atoms with Crippen LogP contribution in [0.1, 0.15) is 67.6 Å². The average molecular weight is 542 g/mol. The summed E-state index contributed by atoms with van der Waals surface area (Å²) in [5, 5.41) is 0. The average Bonchev–Trinajstić information content (AvgIpc) is 3.36. The molecule has 1 aliphatic heterocycles. The van der Waals surface area contributed by atoms with Gasteiger partial charge in [-0.15, -0.1) is 0 Å². The Bertz CT molecular complexity index is 1250. The molecule has 1 aromatic heterocycles. The maximum Gasteiger partial charge on any atom is 0.416 e. The van der Waals surface area contributed by atoms with Crippen molar-refractivity contribution in [2.24, 2.45) is 0 Å². The number of rotatable bonds is 7. The molecule has 0 radical (unpaired) electrons. The van der Waals surface area contributed by atoms with E-state index in [1.165, 1.54) is 17.2 Å². The minimum absolute atomic E-state index is 0.109. The van der Waals surface area contributed by atoms with E-state index in [-0.39, 0.29) is 23.1 Å². The maximum absolute atomic E-state index is 13.1. The number of alkyl halides is 3. The van der Waals surface area contributed by atoms with Crippen molar-refractivity contribution in [1.29, 1.82) is 0 Å². The van der Waals surface area contributed by atoms with Crippen molar-refractivity contribution in [3.63, 3.8) is 0 Å². The zero-order valence-corrected chi connectivity index (χ0v) is 23.4. The Morgan fingerprint density at radius 1 is 0.897 bits per heavy atom. The Balaban J connectivity index is 1.35. The molecule has 4 rings (SSSR count). The number of piperazine rings is 1. The Labute approximate surface area is 229 Å². The minimum atomic E-state index is -4.38. The highest BCUT2D eigenvalue weighted by Crippen LogP contribution is 2.32. The zero-order valence-electron chi connectivity index (χ0n) is 23.4. The lowest BCUT2D eigenvalue weighted by molar-refractivity contribution is -0.137. The SMILES string of the molecule is CC(C)N(Cc1ccc(C(C)(C)C)cc1)Cc1ccc(C(=O)N2CCN(c3cccc(C(F)(F)F)c3)CC2)o1. The van der Waals surface area contributed by atoms with Gasteiger partial charge in [0.25, 0.3) is 5.91 Å². The van der Waals surface area contributed by atoms with Crippen LogP contribution in [0.3, 0.4) is 0 Å². The highest BCUT2D eigenvalue weighted by Gasteiger charge is 2.31. The molecule has 5 nitrogen and oxygen atoms in total. The second kappa shape index (κ2) is 11.5. The van der Waals surface area contributed by atoms with Gasteiger partial charge in [-0.3, -0.25) is 9.69 Å². The summed E-state index contributed by atoms with van der Waals surface area (Å²) >= 11 is 0. The van der Waals surface area contributed by atoms with Gasteiger partial charge < -0.3 is 14.2 Å². The number of benzene rings is 2. The number of nitrogens with zero attached hydrogens (tertiary/aromatic N) is 3. The van der Waals surface area contributed by atoms with Crippen LogP contribution < -0.4 is 4.90 Å². The fourth-order valence-electron chi connectivity index (χ4n) is 4.75. The molecule has 2 aromatic carbocycles. The number of anilines is 1. The van der Waals surface area contributed by atoms with Crippen molar-refractivity contribution >= 4 is 11.6 Å². The highest BCUT2D eigenvalue weighted by atomic mass is 19.4. The number of carbonyl (C=O) groups excluding carboxylic acids is 1. The Kier molecular flexibility index (Phi) is 8.45. The molecular formula is C31H38F3N3O2. The molecular weight excluding hydrogens is 503 g/mol. The van der Waals surface area contributed by atoms with E-state index in [9.17, 15) is 18.0 Å². The van der Waals surface area contributed by atoms with E-state index in [0.717, 1.165) is 24.4 Å². The maximum atomic E-state index is 13.1. The van der Waals surface area contributed by atoms with Crippen molar-refractivity contribution < 1.29 is 22.4 Å². The van der Waals surface area contributed by atoms with Gasteiger partial charge >= 0.3 is 6.18 Å². The van der Waals surface area contributed by atoms with Crippen LogP contribution in [0.5, 0.6) is 0 Å². The van der Waals surface area contributed by atoms with E-state index in [1.54, 1.807) is 17.0 Å². The lowest BCUT2D eigenvalue weighted by Crippen LogP contribution is -2.48. The van der Waals surface area contributed by atoms with Crippen LogP contribution in [0.15, 0.2) is 65.1 Å². The molecule has 1 amide bonds. The first-order valence-corrected chi connectivity index (χ1v) is 13.4. The molecule has 0 atom stereocenters. The highest BCUT2D eigenvalue weighted by molar-refractivity contribution is 5.91. The third-order valence-electron chi connectivity index (χ3n) is 7.27. The minimum Gasteiger partial charge on any atom is -0.455 e. The predicted octanol–water partition coefficient (Wildman–Crippen LogP) is 6.97. The Hall–Kier alpha value is -3.26. The van der Waals surface area contributed by atoms with E-state index in [4.69, 9.17) is 4.42 Å². The fraction of sp³-hybridized carbons (Fsp3) is 0.452.